The zero-order valence-electron chi connectivity index (χ0n) is 11.9. The molecule has 4 rings (SSSR count). The van der Waals surface area contributed by atoms with Crippen molar-refractivity contribution < 1.29 is 4.65 Å². The maximum absolute atomic E-state index is 6.67. The van der Waals surface area contributed by atoms with Crippen LogP contribution in [0, 0.1) is 11.8 Å². The van der Waals surface area contributed by atoms with Crippen LogP contribution in [0.3, 0.4) is 0 Å². The Kier molecular flexibility index (Phi) is 2.89. The number of rotatable bonds is 3. The summed E-state index contributed by atoms with van der Waals surface area (Å²) < 4.78 is 6.67. The minimum Gasteiger partial charge on any atom is -0.413 e. The monoisotopic (exact) mass is 257 g/mol. The van der Waals surface area contributed by atoms with Gasteiger partial charge in [-0.2, -0.15) is 0 Å². The molecule has 4 aliphatic rings. The Morgan fingerprint density at radius 1 is 1.42 bits per heavy atom. The Morgan fingerprint density at radius 3 is 3.26 bits per heavy atom. The Bertz CT molecular complexity index is 421. The first-order chi connectivity index (χ1) is 9.38. The standard InChI is InChI=1S/C16H24BNO/c1-2-3-11-17-18-12-7-10-15(18)16(19-17)13-8-5-4-6-9-14(13)16/h4-6,8,13-15H,2-3,7,9-12H2,1H3/t13?,14?,15?,16-/m1/s1. The van der Waals surface area contributed by atoms with Crippen molar-refractivity contribution >= 4 is 7.05 Å². The lowest BCUT2D eigenvalue weighted by atomic mass is 9.75. The van der Waals surface area contributed by atoms with Gasteiger partial charge in [0.1, 0.15) is 0 Å². The van der Waals surface area contributed by atoms with E-state index in [1.807, 2.05) is 0 Å². The van der Waals surface area contributed by atoms with Crippen molar-refractivity contribution in [3.8, 4) is 0 Å². The van der Waals surface area contributed by atoms with Crippen LogP contribution >= 0.6 is 0 Å². The Hall–Kier alpha value is -0.535. The molecule has 2 saturated heterocycles. The molecule has 3 heteroatoms. The minimum absolute atomic E-state index is 0.191. The first kappa shape index (κ1) is 12.2. The molecule has 2 aliphatic carbocycles. The van der Waals surface area contributed by atoms with E-state index in [1.54, 1.807) is 0 Å². The highest BCUT2D eigenvalue weighted by molar-refractivity contribution is 6.50. The van der Waals surface area contributed by atoms with E-state index in [1.165, 1.54) is 45.0 Å². The summed E-state index contributed by atoms with van der Waals surface area (Å²) in [6, 6.07) is 0.709. The second kappa shape index (κ2) is 4.49. The first-order valence-electron chi connectivity index (χ1n) is 8.15. The van der Waals surface area contributed by atoms with Gasteiger partial charge in [0.05, 0.1) is 5.60 Å². The number of unbranched alkanes of at least 4 members (excludes halogenated alkanes) is 1. The van der Waals surface area contributed by atoms with Gasteiger partial charge in [0, 0.05) is 17.9 Å². The van der Waals surface area contributed by atoms with Crippen LogP contribution in [-0.2, 0) is 4.65 Å². The zero-order chi connectivity index (χ0) is 12.9. The van der Waals surface area contributed by atoms with E-state index < -0.39 is 0 Å². The molecule has 2 aliphatic heterocycles. The van der Waals surface area contributed by atoms with Crippen molar-refractivity contribution in [2.24, 2.45) is 11.8 Å². The zero-order valence-corrected chi connectivity index (χ0v) is 11.9. The predicted molar refractivity (Wildman–Crippen MR) is 78.9 cm³/mol. The third-order valence-corrected chi connectivity index (χ3v) is 5.71. The van der Waals surface area contributed by atoms with Crippen LogP contribution in [0.1, 0.15) is 39.0 Å². The van der Waals surface area contributed by atoms with Crippen molar-refractivity contribution in [3.63, 3.8) is 0 Å². The summed E-state index contributed by atoms with van der Waals surface area (Å²) in [5, 5.41) is 0. The van der Waals surface area contributed by atoms with Crippen molar-refractivity contribution in [1.82, 2.24) is 4.81 Å². The largest absolute Gasteiger partial charge is 0.413 e. The summed E-state index contributed by atoms with van der Waals surface area (Å²) in [5.74, 6) is 1.43. The summed E-state index contributed by atoms with van der Waals surface area (Å²) in [6.07, 6.45) is 16.9. The summed E-state index contributed by atoms with van der Waals surface area (Å²) in [6.45, 7) is 3.54. The van der Waals surface area contributed by atoms with Crippen LogP contribution < -0.4 is 0 Å². The number of hydrogen-bond donors (Lipinski definition) is 0. The second-order valence-electron chi connectivity index (χ2n) is 6.65. The Labute approximate surface area is 117 Å². The summed E-state index contributed by atoms with van der Waals surface area (Å²) in [5.41, 5.74) is 0.191. The lowest BCUT2D eigenvalue weighted by Crippen LogP contribution is -2.37. The third-order valence-electron chi connectivity index (χ3n) is 5.71. The van der Waals surface area contributed by atoms with Crippen LogP contribution in [0.2, 0.25) is 6.32 Å². The molecule has 0 aromatic heterocycles. The molecular formula is C16H24BNO. The highest BCUT2D eigenvalue weighted by Gasteiger charge is 2.73. The van der Waals surface area contributed by atoms with E-state index in [0.29, 0.717) is 19.0 Å². The maximum atomic E-state index is 6.67. The Balaban J connectivity index is 1.57. The fourth-order valence-electron chi connectivity index (χ4n) is 4.83. The molecular weight excluding hydrogens is 233 g/mol. The summed E-state index contributed by atoms with van der Waals surface area (Å²) in [4.78, 5) is 2.70. The predicted octanol–water partition coefficient (Wildman–Crippen LogP) is 3.27. The van der Waals surface area contributed by atoms with Gasteiger partial charge in [-0.3, -0.25) is 0 Å². The molecule has 4 atom stereocenters. The van der Waals surface area contributed by atoms with Gasteiger partial charge >= 0.3 is 7.05 Å². The molecule has 3 fully saturated rings. The van der Waals surface area contributed by atoms with Gasteiger partial charge in [0.2, 0.25) is 0 Å². The molecule has 19 heavy (non-hydrogen) atoms. The highest BCUT2D eigenvalue weighted by atomic mass is 16.5. The van der Waals surface area contributed by atoms with Crippen molar-refractivity contribution in [2.75, 3.05) is 6.54 Å². The summed E-state index contributed by atoms with van der Waals surface area (Å²) in [7, 11) is 0.414. The quantitative estimate of drug-likeness (QED) is 0.719. The topological polar surface area (TPSA) is 12.5 Å². The number of fused-ring (bicyclic) bond motifs is 5. The minimum atomic E-state index is 0.191. The van der Waals surface area contributed by atoms with Crippen LogP contribution in [0.15, 0.2) is 24.3 Å². The van der Waals surface area contributed by atoms with Gasteiger partial charge in [-0.1, -0.05) is 44.1 Å². The molecule has 0 radical (unpaired) electrons. The van der Waals surface area contributed by atoms with Crippen molar-refractivity contribution in [2.45, 2.75) is 57.0 Å². The number of allylic oxidation sites excluding steroid dienone is 3. The summed E-state index contributed by atoms with van der Waals surface area (Å²) >= 11 is 0. The third kappa shape index (κ3) is 1.64. The highest BCUT2D eigenvalue weighted by Crippen LogP contribution is 2.65. The van der Waals surface area contributed by atoms with Gasteiger partial charge in [-0.25, -0.2) is 0 Å². The lowest BCUT2D eigenvalue weighted by molar-refractivity contribution is 0.148. The molecule has 0 amide bonds. The van der Waals surface area contributed by atoms with Crippen molar-refractivity contribution in [1.29, 1.82) is 0 Å². The number of hydrogen-bond acceptors (Lipinski definition) is 2. The van der Waals surface area contributed by atoms with Gasteiger partial charge in [-0.15, -0.1) is 0 Å². The molecule has 0 N–H and O–H groups in total. The van der Waals surface area contributed by atoms with Gasteiger partial charge in [0.15, 0.2) is 0 Å². The van der Waals surface area contributed by atoms with E-state index in [4.69, 9.17) is 4.65 Å². The molecule has 2 heterocycles. The smallest absolute Gasteiger partial charge is 0.383 e. The van der Waals surface area contributed by atoms with Crippen LogP contribution in [0.25, 0.3) is 0 Å². The normalized spacial score (nSPS) is 43.6. The molecule has 102 valence electrons. The molecule has 1 spiro atoms. The molecule has 1 saturated carbocycles. The lowest BCUT2D eigenvalue weighted by Gasteiger charge is -2.21. The Morgan fingerprint density at radius 2 is 2.37 bits per heavy atom. The van der Waals surface area contributed by atoms with Crippen LogP contribution in [0.5, 0.6) is 0 Å². The van der Waals surface area contributed by atoms with E-state index in [9.17, 15) is 0 Å². The molecule has 3 unspecified atom stereocenters. The van der Waals surface area contributed by atoms with Gasteiger partial charge in [-0.05, 0) is 32.1 Å². The van der Waals surface area contributed by atoms with E-state index in [-0.39, 0.29) is 5.60 Å². The first-order valence-corrected chi connectivity index (χ1v) is 8.15. The average molecular weight is 257 g/mol. The van der Waals surface area contributed by atoms with E-state index in [2.05, 4.69) is 36.0 Å². The fourth-order valence-corrected chi connectivity index (χ4v) is 4.83. The second-order valence-corrected chi connectivity index (χ2v) is 6.65. The van der Waals surface area contributed by atoms with Crippen LogP contribution in [-0.4, -0.2) is 30.0 Å². The average Bonchev–Trinajstić information content (AvgIpc) is 2.67. The molecule has 0 aromatic rings. The van der Waals surface area contributed by atoms with Crippen molar-refractivity contribution in [3.05, 3.63) is 24.3 Å². The van der Waals surface area contributed by atoms with Gasteiger partial charge in [0.25, 0.3) is 0 Å². The van der Waals surface area contributed by atoms with Crippen LogP contribution in [0.4, 0.5) is 0 Å². The molecule has 0 bridgehead atoms. The van der Waals surface area contributed by atoms with E-state index >= 15 is 0 Å². The fraction of sp³-hybridized carbons (Fsp3) is 0.750. The molecule has 2 nitrogen and oxygen atoms in total. The maximum Gasteiger partial charge on any atom is 0.383 e. The van der Waals surface area contributed by atoms with E-state index in [0.717, 1.165) is 5.92 Å². The molecule has 0 aromatic carbocycles. The van der Waals surface area contributed by atoms with Gasteiger partial charge < -0.3 is 9.47 Å². The number of nitrogens with zero attached hydrogens (tertiary/aromatic N) is 1. The SMILES string of the molecule is CCCCB1O[C@@]2(C3C=CC=CCC32)C2CCCN12.